The van der Waals surface area contributed by atoms with Gasteiger partial charge in [-0.15, -0.1) is 0 Å². The SMILES string of the molecule is CCc1cc(CNc2c(Cl)cc(F)cc2Cl)n(CC)n1. The first-order valence-electron chi connectivity index (χ1n) is 6.49. The fraction of sp³-hybridized carbons (Fsp3) is 0.357. The fourth-order valence-electron chi connectivity index (χ4n) is 1.99. The predicted octanol–water partition coefficient (Wildman–Crippen LogP) is 4.52. The van der Waals surface area contributed by atoms with Gasteiger partial charge < -0.3 is 5.32 Å². The molecule has 0 fully saturated rings. The first kappa shape index (κ1) is 15.1. The third kappa shape index (κ3) is 3.25. The molecule has 0 amide bonds. The molecule has 0 unspecified atom stereocenters. The number of hydrogen-bond acceptors (Lipinski definition) is 2. The van der Waals surface area contributed by atoms with Gasteiger partial charge in [-0.3, -0.25) is 4.68 Å². The van der Waals surface area contributed by atoms with Crippen molar-refractivity contribution in [3.8, 4) is 0 Å². The van der Waals surface area contributed by atoms with Gasteiger partial charge in [-0.05, 0) is 31.5 Å². The van der Waals surface area contributed by atoms with Crippen LogP contribution >= 0.6 is 23.2 Å². The van der Waals surface area contributed by atoms with Crippen molar-refractivity contribution >= 4 is 28.9 Å². The standard InChI is InChI=1S/C14H16Cl2FN3/c1-3-10-7-11(20(4-2)19-10)8-18-14-12(15)5-9(17)6-13(14)16/h5-7,18H,3-4,8H2,1-2H3. The lowest BCUT2D eigenvalue weighted by atomic mass is 10.2. The number of hydrogen-bond donors (Lipinski definition) is 1. The Bertz CT molecular complexity index is 587. The quantitative estimate of drug-likeness (QED) is 0.879. The summed E-state index contributed by atoms with van der Waals surface area (Å²) < 4.78 is 15.1. The zero-order chi connectivity index (χ0) is 14.7. The molecule has 0 saturated carbocycles. The molecule has 1 N–H and O–H groups in total. The van der Waals surface area contributed by atoms with Crippen molar-refractivity contribution in [1.29, 1.82) is 0 Å². The molecule has 1 heterocycles. The first-order valence-corrected chi connectivity index (χ1v) is 7.24. The summed E-state index contributed by atoms with van der Waals surface area (Å²) in [6.07, 6.45) is 0.887. The van der Waals surface area contributed by atoms with Crippen molar-refractivity contribution in [3.05, 3.63) is 45.4 Å². The normalized spacial score (nSPS) is 10.8. The molecule has 0 aliphatic heterocycles. The Hall–Kier alpha value is -1.26. The molecule has 0 radical (unpaired) electrons. The van der Waals surface area contributed by atoms with Gasteiger partial charge in [-0.2, -0.15) is 5.10 Å². The average molecular weight is 316 g/mol. The summed E-state index contributed by atoms with van der Waals surface area (Å²) in [5.74, 6) is -0.447. The number of nitrogens with one attached hydrogen (secondary N) is 1. The number of rotatable bonds is 5. The number of nitrogens with zero attached hydrogens (tertiary/aromatic N) is 2. The summed E-state index contributed by atoms with van der Waals surface area (Å²) in [7, 11) is 0. The van der Waals surface area contributed by atoms with E-state index in [2.05, 4.69) is 17.3 Å². The molecule has 0 aliphatic rings. The Morgan fingerprint density at radius 2 is 1.85 bits per heavy atom. The van der Waals surface area contributed by atoms with Gasteiger partial charge in [-0.25, -0.2) is 4.39 Å². The van der Waals surface area contributed by atoms with Gasteiger partial charge in [0.2, 0.25) is 0 Å². The van der Waals surface area contributed by atoms with E-state index >= 15 is 0 Å². The molecular weight excluding hydrogens is 300 g/mol. The average Bonchev–Trinajstić information content (AvgIpc) is 2.80. The van der Waals surface area contributed by atoms with Gasteiger partial charge in [0.15, 0.2) is 0 Å². The van der Waals surface area contributed by atoms with E-state index in [0.29, 0.717) is 12.2 Å². The third-order valence-electron chi connectivity index (χ3n) is 3.03. The highest BCUT2D eigenvalue weighted by Gasteiger charge is 2.10. The predicted molar refractivity (Wildman–Crippen MR) is 81.0 cm³/mol. The number of anilines is 1. The molecule has 108 valence electrons. The summed E-state index contributed by atoms with van der Waals surface area (Å²) in [6, 6.07) is 4.52. The maximum Gasteiger partial charge on any atom is 0.126 e. The van der Waals surface area contributed by atoms with E-state index in [1.807, 2.05) is 17.7 Å². The first-order chi connectivity index (χ1) is 9.55. The fourth-order valence-corrected chi connectivity index (χ4v) is 2.59. The Morgan fingerprint density at radius 3 is 2.40 bits per heavy atom. The molecule has 0 bridgehead atoms. The highest BCUT2D eigenvalue weighted by atomic mass is 35.5. The summed E-state index contributed by atoms with van der Waals surface area (Å²) in [5.41, 5.74) is 2.62. The number of aryl methyl sites for hydroxylation is 2. The summed E-state index contributed by atoms with van der Waals surface area (Å²) in [4.78, 5) is 0. The molecular formula is C14H16Cl2FN3. The van der Waals surface area contributed by atoms with Crippen LogP contribution in [0.1, 0.15) is 25.2 Å². The van der Waals surface area contributed by atoms with Gasteiger partial charge in [0.05, 0.1) is 33.7 Å². The van der Waals surface area contributed by atoms with Gasteiger partial charge in [0, 0.05) is 6.54 Å². The minimum atomic E-state index is -0.447. The molecule has 20 heavy (non-hydrogen) atoms. The van der Waals surface area contributed by atoms with Crippen LogP contribution < -0.4 is 5.32 Å². The minimum Gasteiger partial charge on any atom is -0.377 e. The van der Waals surface area contributed by atoms with E-state index in [-0.39, 0.29) is 10.0 Å². The van der Waals surface area contributed by atoms with Crippen molar-refractivity contribution in [1.82, 2.24) is 9.78 Å². The molecule has 2 rings (SSSR count). The highest BCUT2D eigenvalue weighted by Crippen LogP contribution is 2.31. The maximum absolute atomic E-state index is 13.1. The lowest BCUT2D eigenvalue weighted by Crippen LogP contribution is -2.08. The Labute approximate surface area is 127 Å². The van der Waals surface area contributed by atoms with Crippen molar-refractivity contribution in [2.75, 3.05) is 5.32 Å². The highest BCUT2D eigenvalue weighted by molar-refractivity contribution is 6.39. The molecule has 6 heteroatoms. The number of halogens is 3. The third-order valence-corrected chi connectivity index (χ3v) is 3.63. The number of aromatic nitrogens is 2. The van der Waals surface area contributed by atoms with E-state index in [1.165, 1.54) is 12.1 Å². The van der Waals surface area contributed by atoms with Crippen LogP contribution in [0.15, 0.2) is 18.2 Å². The summed E-state index contributed by atoms with van der Waals surface area (Å²) in [6.45, 7) is 5.43. The van der Waals surface area contributed by atoms with Gasteiger partial charge in [-0.1, -0.05) is 30.1 Å². The van der Waals surface area contributed by atoms with Crippen LogP contribution in [0.3, 0.4) is 0 Å². The summed E-state index contributed by atoms with van der Waals surface area (Å²) in [5, 5.41) is 8.16. The second-order valence-corrected chi connectivity index (χ2v) is 5.21. The van der Waals surface area contributed by atoms with Crippen LogP contribution in [-0.2, 0) is 19.5 Å². The van der Waals surface area contributed by atoms with Crippen LogP contribution in [0, 0.1) is 5.82 Å². The largest absolute Gasteiger partial charge is 0.377 e. The van der Waals surface area contributed by atoms with Gasteiger partial charge in [0.1, 0.15) is 5.82 Å². The Balaban J connectivity index is 2.18. The molecule has 1 aromatic heterocycles. The molecule has 0 saturated heterocycles. The van der Waals surface area contributed by atoms with Crippen molar-refractivity contribution < 1.29 is 4.39 Å². The molecule has 3 nitrogen and oxygen atoms in total. The maximum atomic E-state index is 13.1. The zero-order valence-corrected chi connectivity index (χ0v) is 12.9. The van der Waals surface area contributed by atoms with Crippen molar-refractivity contribution in [3.63, 3.8) is 0 Å². The van der Waals surface area contributed by atoms with Gasteiger partial charge in [0.25, 0.3) is 0 Å². The van der Waals surface area contributed by atoms with Gasteiger partial charge >= 0.3 is 0 Å². The van der Waals surface area contributed by atoms with E-state index in [4.69, 9.17) is 23.2 Å². The van der Waals surface area contributed by atoms with E-state index in [9.17, 15) is 4.39 Å². The van der Waals surface area contributed by atoms with Crippen LogP contribution in [0.2, 0.25) is 10.0 Å². The zero-order valence-electron chi connectivity index (χ0n) is 11.4. The lowest BCUT2D eigenvalue weighted by Gasteiger charge is -2.11. The molecule has 1 aromatic carbocycles. The molecule has 0 atom stereocenters. The molecule has 0 aliphatic carbocycles. The Morgan fingerprint density at radius 1 is 1.20 bits per heavy atom. The summed E-state index contributed by atoms with van der Waals surface area (Å²) >= 11 is 12.0. The smallest absolute Gasteiger partial charge is 0.126 e. The second kappa shape index (κ2) is 6.46. The minimum absolute atomic E-state index is 0.272. The lowest BCUT2D eigenvalue weighted by molar-refractivity contribution is 0.619. The van der Waals surface area contributed by atoms with Crippen LogP contribution in [0.5, 0.6) is 0 Å². The molecule has 2 aromatic rings. The van der Waals surface area contributed by atoms with Crippen LogP contribution in [-0.4, -0.2) is 9.78 Å². The monoisotopic (exact) mass is 315 g/mol. The van der Waals surface area contributed by atoms with E-state index in [1.54, 1.807) is 0 Å². The van der Waals surface area contributed by atoms with Crippen LogP contribution in [0.25, 0.3) is 0 Å². The van der Waals surface area contributed by atoms with Crippen molar-refractivity contribution in [2.24, 2.45) is 0 Å². The van der Waals surface area contributed by atoms with Crippen LogP contribution in [0.4, 0.5) is 10.1 Å². The van der Waals surface area contributed by atoms with Crippen molar-refractivity contribution in [2.45, 2.75) is 33.4 Å². The van der Waals surface area contributed by atoms with E-state index < -0.39 is 5.82 Å². The second-order valence-electron chi connectivity index (χ2n) is 4.39. The molecule has 0 spiro atoms. The Kier molecular flexibility index (Phi) is 4.89. The number of benzene rings is 1. The van der Waals surface area contributed by atoms with E-state index in [0.717, 1.165) is 24.4 Å². The topological polar surface area (TPSA) is 29.9 Å².